The Morgan fingerprint density at radius 1 is 1.33 bits per heavy atom. The molecule has 1 aromatic rings. The van der Waals surface area contributed by atoms with Crippen molar-refractivity contribution in [1.29, 1.82) is 0 Å². The van der Waals surface area contributed by atoms with E-state index in [2.05, 4.69) is 15.1 Å². The Morgan fingerprint density at radius 3 is 2.56 bits per heavy atom. The van der Waals surface area contributed by atoms with Crippen LogP contribution in [0.2, 0.25) is 0 Å². The lowest BCUT2D eigenvalue weighted by molar-refractivity contribution is 0.486. The lowest BCUT2D eigenvalue weighted by atomic mass is 10.4. The van der Waals surface area contributed by atoms with E-state index in [0.717, 1.165) is 0 Å². The van der Waals surface area contributed by atoms with E-state index in [4.69, 9.17) is 0 Å². The maximum Gasteiger partial charge on any atom is 0.244 e. The molecule has 1 rings (SSSR count). The van der Waals surface area contributed by atoms with Crippen LogP contribution >= 0.6 is 0 Å². The fourth-order valence-electron chi connectivity index (χ4n) is 1.75. The molecule has 0 saturated heterocycles. The first-order valence-corrected chi connectivity index (χ1v) is 7.16. The molecular weight excluding hydrogens is 259 g/mol. The molecule has 0 amide bonds. The van der Waals surface area contributed by atoms with Crippen molar-refractivity contribution in [2.45, 2.75) is 25.3 Å². The molecule has 0 aliphatic rings. The molecule has 18 heavy (non-hydrogen) atoms. The number of rotatable bonds is 7. The van der Waals surface area contributed by atoms with Gasteiger partial charge in [-0.15, -0.1) is 0 Å². The number of alkyl halides is 1. The van der Waals surface area contributed by atoms with Gasteiger partial charge in [-0.2, -0.15) is 5.10 Å². The van der Waals surface area contributed by atoms with Crippen LogP contribution in [-0.2, 0) is 16.6 Å². The molecule has 0 atom stereocenters. The summed E-state index contributed by atoms with van der Waals surface area (Å²) in [6, 6.07) is 0. The molecule has 0 unspecified atom stereocenters. The van der Waals surface area contributed by atoms with Crippen molar-refractivity contribution in [2.75, 3.05) is 26.8 Å². The molecule has 8 heteroatoms. The number of nitrogens with zero attached hydrogens (tertiary/aromatic N) is 2. The van der Waals surface area contributed by atoms with Crippen LogP contribution in [0.5, 0.6) is 0 Å². The summed E-state index contributed by atoms with van der Waals surface area (Å²) in [6.45, 7) is 3.65. The van der Waals surface area contributed by atoms with Gasteiger partial charge in [0.05, 0.1) is 17.9 Å². The number of hydrogen-bond acceptors (Lipinski definition) is 4. The van der Waals surface area contributed by atoms with Gasteiger partial charge in [0, 0.05) is 13.1 Å². The lowest BCUT2D eigenvalue weighted by Gasteiger charge is -2.06. The second-order valence-corrected chi connectivity index (χ2v) is 5.62. The Bertz CT molecular complexity index is 498. The molecule has 0 radical (unpaired) electrons. The van der Waals surface area contributed by atoms with Crippen LogP contribution in [0.15, 0.2) is 4.90 Å². The Hall–Kier alpha value is -0.990. The summed E-state index contributed by atoms with van der Waals surface area (Å²) in [7, 11) is -1.87. The molecule has 6 nitrogen and oxygen atoms in total. The molecule has 2 N–H and O–H groups in total. The largest absolute Gasteiger partial charge is 0.318 e. The predicted molar refractivity (Wildman–Crippen MR) is 66.8 cm³/mol. The van der Waals surface area contributed by atoms with Gasteiger partial charge in [0.1, 0.15) is 11.6 Å². The fraction of sp³-hybridized carbons (Fsp3) is 0.700. The van der Waals surface area contributed by atoms with E-state index >= 15 is 0 Å². The van der Waals surface area contributed by atoms with Crippen LogP contribution < -0.4 is 10.0 Å². The van der Waals surface area contributed by atoms with Crippen LogP contribution in [0.3, 0.4) is 0 Å². The molecule has 0 fully saturated rings. The number of hydrogen-bond donors (Lipinski definition) is 2. The first kappa shape index (κ1) is 15.1. The van der Waals surface area contributed by atoms with E-state index in [-0.39, 0.29) is 11.4 Å². The maximum absolute atomic E-state index is 12.1. The number of likely N-dealkylation sites (N-methyl/N-ethyl adjacent to an activating group) is 1. The molecule has 0 aliphatic carbocycles. The smallest absolute Gasteiger partial charge is 0.244 e. The molecular formula is C10H19FN4O2S. The lowest BCUT2D eigenvalue weighted by Crippen LogP contribution is -2.27. The highest BCUT2D eigenvalue weighted by Crippen LogP contribution is 2.18. The highest BCUT2D eigenvalue weighted by atomic mass is 32.2. The second kappa shape index (κ2) is 6.26. The summed E-state index contributed by atoms with van der Waals surface area (Å²) < 4.78 is 39.8. The van der Waals surface area contributed by atoms with Crippen LogP contribution in [0, 0.1) is 13.8 Å². The summed E-state index contributed by atoms with van der Waals surface area (Å²) in [4.78, 5) is 0.145. The van der Waals surface area contributed by atoms with Gasteiger partial charge in [0.2, 0.25) is 10.0 Å². The van der Waals surface area contributed by atoms with Gasteiger partial charge >= 0.3 is 0 Å². The van der Waals surface area contributed by atoms with Gasteiger partial charge in [-0.3, -0.25) is 4.68 Å². The highest BCUT2D eigenvalue weighted by Gasteiger charge is 2.23. The second-order valence-electron chi connectivity index (χ2n) is 3.91. The average Bonchev–Trinajstić information content (AvgIpc) is 2.59. The molecule has 0 saturated carbocycles. The quantitative estimate of drug-likeness (QED) is 0.734. The SMILES string of the molecule is CNCCn1nc(C)c(S(=O)(=O)NCCF)c1C. The first-order chi connectivity index (χ1) is 8.44. The van der Waals surface area contributed by atoms with Gasteiger partial charge in [-0.05, 0) is 20.9 Å². The van der Waals surface area contributed by atoms with Crippen LogP contribution in [0.25, 0.3) is 0 Å². The van der Waals surface area contributed by atoms with Gasteiger partial charge in [-0.25, -0.2) is 17.5 Å². The Labute approximate surface area is 107 Å². The highest BCUT2D eigenvalue weighted by molar-refractivity contribution is 7.89. The van der Waals surface area contributed by atoms with Crippen molar-refractivity contribution in [2.24, 2.45) is 0 Å². The number of halogens is 1. The monoisotopic (exact) mass is 278 g/mol. The minimum atomic E-state index is -3.68. The standard InChI is InChI=1S/C10H19FN4O2S/c1-8-10(18(16,17)13-5-4-11)9(2)15(14-8)7-6-12-3/h12-13H,4-7H2,1-3H3. The zero-order valence-corrected chi connectivity index (χ0v) is 11.6. The molecule has 0 spiro atoms. The van der Waals surface area contributed by atoms with Crippen molar-refractivity contribution < 1.29 is 12.8 Å². The molecule has 0 bridgehead atoms. The van der Waals surface area contributed by atoms with Crippen molar-refractivity contribution in [3.8, 4) is 0 Å². The average molecular weight is 278 g/mol. The van der Waals surface area contributed by atoms with Gasteiger partial charge in [-0.1, -0.05) is 0 Å². The molecule has 1 aromatic heterocycles. The Kier molecular flexibility index (Phi) is 5.24. The number of sulfonamides is 1. The zero-order chi connectivity index (χ0) is 13.8. The third-order valence-electron chi connectivity index (χ3n) is 2.54. The van der Waals surface area contributed by atoms with E-state index in [0.29, 0.717) is 24.5 Å². The first-order valence-electron chi connectivity index (χ1n) is 5.68. The summed E-state index contributed by atoms with van der Waals surface area (Å²) in [5.74, 6) is 0. The number of aryl methyl sites for hydroxylation is 1. The maximum atomic E-state index is 12.1. The predicted octanol–water partition coefficient (Wildman–Crippen LogP) is -0.0329. The minimum absolute atomic E-state index is 0.145. The summed E-state index contributed by atoms with van der Waals surface area (Å²) in [5.41, 5.74) is 0.990. The third-order valence-corrected chi connectivity index (χ3v) is 4.26. The number of nitrogens with one attached hydrogen (secondary N) is 2. The normalized spacial score (nSPS) is 12.0. The van der Waals surface area contributed by atoms with E-state index in [1.807, 2.05) is 7.05 Å². The Morgan fingerprint density at radius 2 is 2.00 bits per heavy atom. The summed E-state index contributed by atoms with van der Waals surface area (Å²) >= 11 is 0. The zero-order valence-electron chi connectivity index (χ0n) is 10.8. The van der Waals surface area contributed by atoms with Crippen LogP contribution in [0.1, 0.15) is 11.4 Å². The fourth-order valence-corrected chi connectivity index (χ4v) is 3.16. The van der Waals surface area contributed by atoms with Gasteiger partial charge in [0.15, 0.2) is 0 Å². The number of aromatic nitrogens is 2. The van der Waals surface area contributed by atoms with Gasteiger partial charge < -0.3 is 5.32 Å². The van der Waals surface area contributed by atoms with Crippen LogP contribution in [-0.4, -0.2) is 45.0 Å². The molecule has 0 aliphatic heterocycles. The van der Waals surface area contributed by atoms with Crippen molar-refractivity contribution in [1.82, 2.24) is 19.8 Å². The molecule has 0 aromatic carbocycles. The van der Waals surface area contributed by atoms with Crippen molar-refractivity contribution >= 4 is 10.0 Å². The van der Waals surface area contributed by atoms with Crippen molar-refractivity contribution in [3.05, 3.63) is 11.4 Å². The van der Waals surface area contributed by atoms with E-state index in [9.17, 15) is 12.8 Å². The summed E-state index contributed by atoms with van der Waals surface area (Å²) in [6.07, 6.45) is 0. The van der Waals surface area contributed by atoms with Crippen LogP contribution in [0.4, 0.5) is 4.39 Å². The molecule has 104 valence electrons. The van der Waals surface area contributed by atoms with E-state index < -0.39 is 16.7 Å². The summed E-state index contributed by atoms with van der Waals surface area (Å²) in [5, 5.41) is 7.16. The third kappa shape index (κ3) is 3.27. The minimum Gasteiger partial charge on any atom is -0.318 e. The topological polar surface area (TPSA) is 76.0 Å². The Balaban J connectivity index is 3.05. The van der Waals surface area contributed by atoms with E-state index in [1.54, 1.807) is 18.5 Å². The van der Waals surface area contributed by atoms with Gasteiger partial charge in [0.25, 0.3) is 0 Å². The van der Waals surface area contributed by atoms with E-state index in [1.165, 1.54) is 0 Å². The molecule has 1 heterocycles. The van der Waals surface area contributed by atoms with Crippen molar-refractivity contribution in [3.63, 3.8) is 0 Å².